The van der Waals surface area contributed by atoms with Crippen LogP contribution in [0, 0.1) is 0 Å². The van der Waals surface area contributed by atoms with Crippen molar-refractivity contribution in [3.63, 3.8) is 0 Å². The van der Waals surface area contributed by atoms with E-state index >= 15 is 0 Å². The number of furan rings is 1. The molecule has 0 saturated carbocycles. The van der Waals surface area contributed by atoms with E-state index in [1.54, 1.807) is 18.2 Å². The van der Waals surface area contributed by atoms with Crippen molar-refractivity contribution in [2.45, 2.75) is 5.92 Å². The van der Waals surface area contributed by atoms with E-state index in [0.717, 1.165) is 11.1 Å². The van der Waals surface area contributed by atoms with Gasteiger partial charge < -0.3 is 19.8 Å². The largest absolute Gasteiger partial charge is 0.457 e. The SMILES string of the molecule is O=C(Nc1ccccc1)c1oc2ccccc2c1NC(=O)C1c2ccccc2Oc2ccccc21. The Balaban J connectivity index is 1.41. The molecule has 0 atom stereocenters. The van der Waals surface area contributed by atoms with Gasteiger partial charge in [-0.1, -0.05) is 66.7 Å². The zero-order valence-corrected chi connectivity index (χ0v) is 18.5. The third-order valence-corrected chi connectivity index (χ3v) is 6.02. The molecule has 35 heavy (non-hydrogen) atoms. The fraction of sp³-hybridized carbons (Fsp3) is 0.0345. The number of rotatable bonds is 4. The molecular formula is C29H20N2O4. The summed E-state index contributed by atoms with van der Waals surface area (Å²) in [5.41, 5.74) is 2.98. The standard InChI is InChI=1S/C29H20N2O4/c32-28(25-19-12-4-7-15-22(19)34-23-16-8-5-13-20(23)25)31-26-21-14-6-9-17-24(21)35-27(26)29(33)30-18-10-2-1-3-11-18/h1-17,25H,(H,30,33)(H,31,32). The summed E-state index contributed by atoms with van der Waals surface area (Å²) in [5.74, 6) is -0.0493. The van der Waals surface area contributed by atoms with Gasteiger partial charge in [-0.05, 0) is 36.4 Å². The first-order valence-electron chi connectivity index (χ1n) is 11.2. The lowest BCUT2D eigenvalue weighted by atomic mass is 9.87. The van der Waals surface area contributed by atoms with Crippen molar-refractivity contribution in [2.24, 2.45) is 0 Å². The lowest BCUT2D eigenvalue weighted by Crippen LogP contribution is -2.26. The highest BCUT2D eigenvalue weighted by molar-refractivity contribution is 6.15. The van der Waals surface area contributed by atoms with Gasteiger partial charge in [-0.15, -0.1) is 0 Å². The number of hydrogen-bond donors (Lipinski definition) is 2. The molecule has 6 rings (SSSR count). The number of hydrogen-bond acceptors (Lipinski definition) is 4. The summed E-state index contributed by atoms with van der Waals surface area (Å²) >= 11 is 0. The Morgan fingerprint density at radius 2 is 1.26 bits per heavy atom. The molecule has 4 aromatic carbocycles. The number of ether oxygens (including phenoxy) is 1. The predicted molar refractivity (Wildman–Crippen MR) is 134 cm³/mol. The van der Waals surface area contributed by atoms with Gasteiger partial charge >= 0.3 is 0 Å². The highest BCUT2D eigenvalue weighted by Crippen LogP contribution is 2.44. The van der Waals surface area contributed by atoms with Crippen molar-refractivity contribution in [2.75, 3.05) is 10.6 Å². The zero-order valence-electron chi connectivity index (χ0n) is 18.5. The summed E-state index contributed by atoms with van der Waals surface area (Å²) in [5, 5.41) is 6.49. The second-order valence-electron chi connectivity index (χ2n) is 8.22. The molecule has 0 spiro atoms. The number of amides is 2. The molecule has 1 aliphatic heterocycles. The molecule has 1 aliphatic rings. The van der Waals surface area contributed by atoms with Crippen LogP contribution in [0.2, 0.25) is 0 Å². The molecule has 0 saturated heterocycles. The smallest absolute Gasteiger partial charge is 0.293 e. The molecule has 1 aromatic heterocycles. The molecular weight excluding hydrogens is 440 g/mol. The van der Waals surface area contributed by atoms with E-state index in [2.05, 4.69) is 10.6 Å². The first-order valence-corrected chi connectivity index (χ1v) is 11.2. The molecule has 0 unspecified atom stereocenters. The van der Waals surface area contributed by atoms with Gasteiger partial charge in [-0.2, -0.15) is 0 Å². The van der Waals surface area contributed by atoms with Crippen LogP contribution < -0.4 is 15.4 Å². The summed E-state index contributed by atoms with van der Waals surface area (Å²) in [4.78, 5) is 27.0. The number of anilines is 2. The van der Waals surface area contributed by atoms with Crippen LogP contribution in [-0.2, 0) is 4.79 Å². The minimum Gasteiger partial charge on any atom is -0.457 e. The highest BCUT2D eigenvalue weighted by Gasteiger charge is 2.34. The van der Waals surface area contributed by atoms with Crippen LogP contribution in [0.1, 0.15) is 27.6 Å². The van der Waals surface area contributed by atoms with Gasteiger partial charge in [0.05, 0.1) is 5.92 Å². The summed E-state index contributed by atoms with van der Waals surface area (Å²) < 4.78 is 11.9. The van der Waals surface area contributed by atoms with E-state index < -0.39 is 11.8 Å². The average Bonchev–Trinajstić information content (AvgIpc) is 3.26. The topological polar surface area (TPSA) is 80.6 Å². The first kappa shape index (κ1) is 20.7. The molecule has 0 radical (unpaired) electrons. The lowest BCUT2D eigenvalue weighted by molar-refractivity contribution is -0.116. The lowest BCUT2D eigenvalue weighted by Gasteiger charge is -2.27. The predicted octanol–water partition coefficient (Wildman–Crippen LogP) is 6.56. The van der Waals surface area contributed by atoms with E-state index in [1.807, 2.05) is 84.9 Å². The quantitative estimate of drug-likeness (QED) is 0.318. The van der Waals surface area contributed by atoms with Crippen molar-refractivity contribution >= 4 is 34.2 Å². The molecule has 0 aliphatic carbocycles. The van der Waals surface area contributed by atoms with Crippen molar-refractivity contribution in [1.29, 1.82) is 0 Å². The molecule has 2 amide bonds. The number of carbonyl (C=O) groups is 2. The fourth-order valence-electron chi connectivity index (χ4n) is 4.43. The van der Waals surface area contributed by atoms with Gasteiger partial charge in [-0.25, -0.2) is 0 Å². The zero-order chi connectivity index (χ0) is 23.8. The Bertz CT molecular complexity index is 1530. The van der Waals surface area contributed by atoms with Crippen LogP contribution >= 0.6 is 0 Å². The van der Waals surface area contributed by atoms with Crippen LogP contribution in [0.3, 0.4) is 0 Å². The Morgan fingerprint density at radius 1 is 0.657 bits per heavy atom. The number of benzene rings is 4. The maximum Gasteiger partial charge on any atom is 0.293 e. The minimum absolute atomic E-state index is 0.0389. The highest BCUT2D eigenvalue weighted by atomic mass is 16.5. The van der Waals surface area contributed by atoms with Crippen molar-refractivity contribution < 1.29 is 18.7 Å². The summed E-state index contributed by atoms with van der Waals surface area (Å²) in [6, 6.07) is 31.3. The molecule has 6 nitrogen and oxygen atoms in total. The Labute approximate surface area is 201 Å². The molecule has 0 bridgehead atoms. The maximum atomic E-state index is 13.8. The molecule has 2 heterocycles. The molecule has 170 valence electrons. The minimum atomic E-state index is -0.616. The van der Waals surface area contributed by atoms with Crippen molar-refractivity contribution in [3.8, 4) is 11.5 Å². The van der Waals surface area contributed by atoms with Crippen LogP contribution in [0.4, 0.5) is 11.4 Å². The number of carbonyl (C=O) groups excluding carboxylic acids is 2. The first-order chi connectivity index (χ1) is 17.2. The van der Waals surface area contributed by atoms with E-state index in [9.17, 15) is 9.59 Å². The Morgan fingerprint density at radius 3 is 1.97 bits per heavy atom. The van der Waals surface area contributed by atoms with Crippen molar-refractivity contribution in [3.05, 3.63) is 120 Å². The maximum absolute atomic E-state index is 13.8. The van der Waals surface area contributed by atoms with Gasteiger partial charge in [0, 0.05) is 22.2 Å². The Hall–Kier alpha value is -4.84. The molecule has 6 heteroatoms. The average molecular weight is 460 g/mol. The van der Waals surface area contributed by atoms with Crippen LogP contribution in [0.15, 0.2) is 108 Å². The van der Waals surface area contributed by atoms with Gasteiger partial charge in [0.2, 0.25) is 11.7 Å². The van der Waals surface area contributed by atoms with Crippen LogP contribution in [-0.4, -0.2) is 11.8 Å². The summed E-state index contributed by atoms with van der Waals surface area (Å²) in [7, 11) is 0. The summed E-state index contributed by atoms with van der Waals surface area (Å²) in [6.45, 7) is 0. The second kappa shape index (κ2) is 8.50. The normalized spacial score (nSPS) is 12.3. The van der Waals surface area contributed by atoms with Crippen LogP contribution in [0.5, 0.6) is 11.5 Å². The van der Waals surface area contributed by atoms with E-state index in [4.69, 9.17) is 9.15 Å². The van der Waals surface area contributed by atoms with E-state index in [-0.39, 0.29) is 11.7 Å². The van der Waals surface area contributed by atoms with Crippen molar-refractivity contribution in [1.82, 2.24) is 0 Å². The van der Waals surface area contributed by atoms with Crippen LogP contribution in [0.25, 0.3) is 11.0 Å². The third kappa shape index (κ3) is 3.71. The molecule has 0 fully saturated rings. The van der Waals surface area contributed by atoms with Gasteiger partial charge in [-0.3, -0.25) is 9.59 Å². The monoisotopic (exact) mass is 460 g/mol. The number of fused-ring (bicyclic) bond motifs is 3. The van der Waals surface area contributed by atoms with Gasteiger partial charge in [0.25, 0.3) is 5.91 Å². The number of nitrogens with one attached hydrogen (secondary N) is 2. The van der Waals surface area contributed by atoms with E-state index in [1.165, 1.54) is 0 Å². The Kier molecular flexibility index (Phi) is 5.04. The molecule has 2 N–H and O–H groups in total. The van der Waals surface area contributed by atoms with E-state index in [0.29, 0.717) is 33.8 Å². The number of para-hydroxylation sites is 4. The molecule has 5 aromatic rings. The summed E-state index contributed by atoms with van der Waals surface area (Å²) in [6.07, 6.45) is 0. The fourth-order valence-corrected chi connectivity index (χ4v) is 4.43. The second-order valence-corrected chi connectivity index (χ2v) is 8.22. The van der Waals surface area contributed by atoms with Gasteiger partial charge in [0.1, 0.15) is 22.8 Å². The third-order valence-electron chi connectivity index (χ3n) is 6.02. The van der Waals surface area contributed by atoms with Gasteiger partial charge in [0.15, 0.2) is 0 Å².